The Hall–Kier alpha value is -1.32. The molecule has 1 N–H and O–H groups in total. The molecule has 20 heavy (non-hydrogen) atoms. The Balaban J connectivity index is 1.82. The summed E-state index contributed by atoms with van der Waals surface area (Å²) in [6.45, 7) is 2.91. The number of aliphatic hydroxyl groups excluding tert-OH is 1. The first-order valence-corrected chi connectivity index (χ1v) is 8.10. The lowest BCUT2D eigenvalue weighted by Crippen LogP contribution is -2.00. The third kappa shape index (κ3) is 4.66. The predicted octanol–water partition coefficient (Wildman–Crippen LogP) is 4.59. The molecule has 0 fully saturated rings. The number of aliphatic hydroxyl groups is 1. The van der Waals surface area contributed by atoms with Crippen LogP contribution in [-0.2, 0) is 6.42 Å². The van der Waals surface area contributed by atoms with Crippen molar-refractivity contribution in [3.05, 3.63) is 52.2 Å². The number of ether oxygens (including phenoxy) is 1. The maximum absolute atomic E-state index is 10.2. The van der Waals surface area contributed by atoms with Crippen LogP contribution in [0.5, 0.6) is 5.75 Å². The van der Waals surface area contributed by atoms with Gasteiger partial charge in [-0.2, -0.15) is 0 Å². The molecule has 0 radical (unpaired) electrons. The first kappa shape index (κ1) is 15.1. The standard InChI is InChI=1S/C17H22O2S/c1-2-3-12-19-15-8-6-14(7-9-15)17(18)11-10-16-5-4-13-20-16/h4-9,13,17-18H,2-3,10-12H2,1H3. The van der Waals surface area contributed by atoms with E-state index in [1.165, 1.54) is 4.88 Å². The number of unbranched alkanes of at least 4 members (excludes halogenated alkanes) is 1. The maximum atomic E-state index is 10.2. The molecule has 0 bridgehead atoms. The van der Waals surface area contributed by atoms with Crippen LogP contribution in [-0.4, -0.2) is 11.7 Å². The monoisotopic (exact) mass is 290 g/mol. The van der Waals surface area contributed by atoms with Gasteiger partial charge in [0.1, 0.15) is 5.75 Å². The zero-order valence-corrected chi connectivity index (χ0v) is 12.7. The highest BCUT2D eigenvalue weighted by molar-refractivity contribution is 7.09. The minimum atomic E-state index is -0.401. The summed E-state index contributed by atoms with van der Waals surface area (Å²) in [7, 11) is 0. The van der Waals surface area contributed by atoms with Crippen LogP contribution < -0.4 is 4.74 Å². The van der Waals surface area contributed by atoms with Crippen LogP contribution in [0.25, 0.3) is 0 Å². The topological polar surface area (TPSA) is 29.5 Å². The SMILES string of the molecule is CCCCOc1ccc(C(O)CCc2cccs2)cc1. The van der Waals surface area contributed by atoms with Gasteiger partial charge in [-0.25, -0.2) is 0 Å². The smallest absolute Gasteiger partial charge is 0.119 e. The highest BCUT2D eigenvalue weighted by Gasteiger charge is 2.08. The van der Waals surface area contributed by atoms with Crippen molar-refractivity contribution in [3.8, 4) is 5.75 Å². The van der Waals surface area contributed by atoms with E-state index in [2.05, 4.69) is 24.4 Å². The summed E-state index contributed by atoms with van der Waals surface area (Å²) in [6, 6.07) is 12.0. The first-order chi connectivity index (χ1) is 9.79. The molecule has 1 heterocycles. The molecule has 1 aromatic heterocycles. The molecule has 3 heteroatoms. The molecule has 2 aromatic rings. The average Bonchev–Trinajstić information content (AvgIpc) is 2.99. The van der Waals surface area contributed by atoms with Gasteiger partial charge in [0.15, 0.2) is 0 Å². The molecule has 108 valence electrons. The van der Waals surface area contributed by atoms with Crippen LogP contribution in [0.4, 0.5) is 0 Å². The Morgan fingerprint density at radius 3 is 2.65 bits per heavy atom. The van der Waals surface area contributed by atoms with Crippen LogP contribution in [0.15, 0.2) is 41.8 Å². The Bertz CT molecular complexity index is 476. The van der Waals surface area contributed by atoms with E-state index in [1.807, 2.05) is 24.3 Å². The molecule has 2 nitrogen and oxygen atoms in total. The van der Waals surface area contributed by atoms with E-state index < -0.39 is 6.10 Å². The molecule has 0 saturated carbocycles. The van der Waals surface area contributed by atoms with Crippen LogP contribution in [0, 0.1) is 0 Å². The van der Waals surface area contributed by atoms with E-state index in [0.29, 0.717) is 0 Å². The summed E-state index contributed by atoms with van der Waals surface area (Å²) in [6.07, 6.45) is 3.50. The molecule has 0 aliphatic heterocycles. The van der Waals surface area contributed by atoms with Crippen molar-refractivity contribution < 1.29 is 9.84 Å². The number of hydrogen-bond acceptors (Lipinski definition) is 3. The average molecular weight is 290 g/mol. The van der Waals surface area contributed by atoms with E-state index in [0.717, 1.165) is 43.6 Å². The van der Waals surface area contributed by atoms with Crippen molar-refractivity contribution in [2.75, 3.05) is 6.61 Å². The molecule has 0 amide bonds. The van der Waals surface area contributed by atoms with E-state index in [-0.39, 0.29) is 0 Å². The molecule has 1 aromatic carbocycles. The largest absolute Gasteiger partial charge is 0.494 e. The maximum Gasteiger partial charge on any atom is 0.119 e. The van der Waals surface area contributed by atoms with Gasteiger partial charge >= 0.3 is 0 Å². The zero-order chi connectivity index (χ0) is 14.2. The fourth-order valence-electron chi connectivity index (χ4n) is 2.02. The lowest BCUT2D eigenvalue weighted by molar-refractivity contribution is 0.168. The Morgan fingerprint density at radius 2 is 2.00 bits per heavy atom. The van der Waals surface area contributed by atoms with Gasteiger partial charge in [-0.15, -0.1) is 11.3 Å². The number of benzene rings is 1. The second-order valence-corrected chi connectivity index (χ2v) is 5.94. The molecule has 0 spiro atoms. The predicted molar refractivity (Wildman–Crippen MR) is 84.4 cm³/mol. The molecular formula is C17H22O2S. The Morgan fingerprint density at radius 1 is 1.20 bits per heavy atom. The fourth-order valence-corrected chi connectivity index (χ4v) is 2.75. The second kappa shape index (κ2) is 8.08. The normalized spacial score (nSPS) is 12.3. The van der Waals surface area contributed by atoms with Gasteiger partial charge in [0.05, 0.1) is 12.7 Å². The number of rotatable bonds is 8. The summed E-state index contributed by atoms with van der Waals surface area (Å²) in [5, 5.41) is 12.3. The highest BCUT2D eigenvalue weighted by Crippen LogP contribution is 2.23. The molecular weight excluding hydrogens is 268 g/mol. The summed E-state index contributed by atoms with van der Waals surface area (Å²) >= 11 is 1.74. The third-order valence-electron chi connectivity index (χ3n) is 3.28. The minimum Gasteiger partial charge on any atom is -0.494 e. The molecule has 1 atom stereocenters. The van der Waals surface area contributed by atoms with Crippen LogP contribution in [0.1, 0.15) is 42.7 Å². The van der Waals surface area contributed by atoms with Gasteiger partial charge in [-0.3, -0.25) is 0 Å². The van der Waals surface area contributed by atoms with Gasteiger partial charge in [0, 0.05) is 4.88 Å². The molecule has 0 aliphatic carbocycles. The van der Waals surface area contributed by atoms with E-state index in [9.17, 15) is 5.11 Å². The second-order valence-electron chi connectivity index (χ2n) is 4.90. The summed E-state index contributed by atoms with van der Waals surface area (Å²) < 4.78 is 5.62. The van der Waals surface area contributed by atoms with E-state index >= 15 is 0 Å². The lowest BCUT2D eigenvalue weighted by atomic mass is 10.0. The molecule has 0 aliphatic rings. The van der Waals surface area contributed by atoms with Crippen molar-refractivity contribution in [1.29, 1.82) is 0 Å². The molecule has 0 saturated heterocycles. The highest BCUT2D eigenvalue weighted by atomic mass is 32.1. The lowest BCUT2D eigenvalue weighted by Gasteiger charge is -2.11. The number of thiophene rings is 1. The molecule has 2 rings (SSSR count). The van der Waals surface area contributed by atoms with Crippen molar-refractivity contribution in [1.82, 2.24) is 0 Å². The minimum absolute atomic E-state index is 0.401. The van der Waals surface area contributed by atoms with E-state index in [1.54, 1.807) is 11.3 Å². The number of aryl methyl sites for hydroxylation is 1. The summed E-state index contributed by atoms with van der Waals surface area (Å²) in [4.78, 5) is 1.32. The summed E-state index contributed by atoms with van der Waals surface area (Å²) in [5.74, 6) is 0.882. The summed E-state index contributed by atoms with van der Waals surface area (Å²) in [5.41, 5.74) is 0.962. The van der Waals surface area contributed by atoms with Gasteiger partial charge in [-0.05, 0) is 48.4 Å². The van der Waals surface area contributed by atoms with Gasteiger partial charge < -0.3 is 9.84 Å². The zero-order valence-electron chi connectivity index (χ0n) is 11.9. The Labute approximate surface area is 125 Å². The van der Waals surface area contributed by atoms with Crippen LogP contribution >= 0.6 is 11.3 Å². The van der Waals surface area contributed by atoms with Crippen LogP contribution in [0.2, 0.25) is 0 Å². The fraction of sp³-hybridized carbons (Fsp3) is 0.412. The third-order valence-corrected chi connectivity index (χ3v) is 4.21. The van der Waals surface area contributed by atoms with Crippen molar-refractivity contribution in [3.63, 3.8) is 0 Å². The van der Waals surface area contributed by atoms with Gasteiger partial charge in [0.2, 0.25) is 0 Å². The van der Waals surface area contributed by atoms with Crippen molar-refractivity contribution in [2.45, 2.75) is 38.7 Å². The quantitative estimate of drug-likeness (QED) is 0.720. The van der Waals surface area contributed by atoms with Crippen molar-refractivity contribution in [2.24, 2.45) is 0 Å². The molecule has 1 unspecified atom stereocenters. The van der Waals surface area contributed by atoms with E-state index in [4.69, 9.17) is 4.74 Å². The van der Waals surface area contributed by atoms with Crippen LogP contribution in [0.3, 0.4) is 0 Å². The van der Waals surface area contributed by atoms with Gasteiger partial charge in [-0.1, -0.05) is 31.5 Å². The van der Waals surface area contributed by atoms with Gasteiger partial charge in [0.25, 0.3) is 0 Å². The first-order valence-electron chi connectivity index (χ1n) is 7.23. The van der Waals surface area contributed by atoms with Crippen molar-refractivity contribution >= 4 is 11.3 Å². The Kier molecular flexibility index (Phi) is 6.09. The number of hydrogen-bond donors (Lipinski definition) is 1.